The zero-order valence-corrected chi connectivity index (χ0v) is 7.45. The molecule has 0 rings (SSSR count). The summed E-state index contributed by atoms with van der Waals surface area (Å²) >= 11 is 0. The Kier molecular flexibility index (Phi) is 5.10. The van der Waals surface area contributed by atoms with E-state index in [1.165, 1.54) is 6.08 Å². The first-order valence-corrected chi connectivity index (χ1v) is 4.96. The lowest BCUT2D eigenvalue weighted by Crippen LogP contribution is -2.36. The van der Waals surface area contributed by atoms with Crippen molar-refractivity contribution in [3.63, 3.8) is 0 Å². The van der Waals surface area contributed by atoms with Gasteiger partial charge in [-0.3, -0.25) is 0 Å². The van der Waals surface area contributed by atoms with Crippen molar-refractivity contribution in [2.75, 3.05) is 13.1 Å². The molecule has 4 nitrogen and oxygen atoms in total. The van der Waals surface area contributed by atoms with Gasteiger partial charge in [-0.15, -0.1) is 6.58 Å². The van der Waals surface area contributed by atoms with Gasteiger partial charge in [-0.1, -0.05) is 13.0 Å². The first-order chi connectivity index (χ1) is 5.12. The van der Waals surface area contributed by atoms with Crippen molar-refractivity contribution in [3.8, 4) is 0 Å². The van der Waals surface area contributed by atoms with Crippen molar-refractivity contribution in [1.82, 2.24) is 9.44 Å². The summed E-state index contributed by atoms with van der Waals surface area (Å²) in [5.41, 5.74) is 0. The Morgan fingerprint density at radius 3 is 2.55 bits per heavy atom. The van der Waals surface area contributed by atoms with Crippen molar-refractivity contribution in [2.24, 2.45) is 0 Å². The normalized spacial score (nSPS) is 11.4. The molecule has 0 fully saturated rings. The summed E-state index contributed by atoms with van der Waals surface area (Å²) in [6.07, 6.45) is 2.28. The lowest BCUT2D eigenvalue weighted by Gasteiger charge is -2.03. The Morgan fingerprint density at radius 2 is 2.09 bits per heavy atom. The molecule has 0 aromatic carbocycles. The largest absolute Gasteiger partial charge is 0.277 e. The fourth-order valence-corrected chi connectivity index (χ4v) is 1.37. The van der Waals surface area contributed by atoms with Gasteiger partial charge in [0.15, 0.2) is 0 Å². The number of hydrogen-bond acceptors (Lipinski definition) is 2. The molecule has 0 aromatic heterocycles. The van der Waals surface area contributed by atoms with Crippen LogP contribution in [0.2, 0.25) is 0 Å². The van der Waals surface area contributed by atoms with Crippen LogP contribution in [0.1, 0.15) is 13.3 Å². The van der Waals surface area contributed by atoms with Gasteiger partial charge in [0.05, 0.1) is 0 Å². The Balaban J connectivity index is 3.71. The molecule has 0 aromatic rings. The first-order valence-electron chi connectivity index (χ1n) is 3.47. The lowest BCUT2D eigenvalue weighted by atomic mass is 10.5. The van der Waals surface area contributed by atoms with Crippen LogP contribution in [-0.2, 0) is 10.2 Å². The van der Waals surface area contributed by atoms with Gasteiger partial charge in [0.1, 0.15) is 0 Å². The number of nitrogens with one attached hydrogen (secondary N) is 2. The Hall–Kier alpha value is -0.390. The van der Waals surface area contributed by atoms with Gasteiger partial charge in [0.25, 0.3) is 10.2 Å². The van der Waals surface area contributed by atoms with Crippen LogP contribution in [0.5, 0.6) is 0 Å². The molecule has 0 aliphatic rings. The maximum absolute atomic E-state index is 10.9. The predicted octanol–water partition coefficient (Wildman–Crippen LogP) is 0.00640. The van der Waals surface area contributed by atoms with Crippen molar-refractivity contribution >= 4 is 10.2 Å². The Labute approximate surface area is 67.9 Å². The van der Waals surface area contributed by atoms with E-state index in [1.54, 1.807) is 0 Å². The molecule has 0 amide bonds. The molecule has 0 spiro atoms. The monoisotopic (exact) mass is 178 g/mol. The van der Waals surface area contributed by atoms with E-state index in [0.717, 1.165) is 6.42 Å². The van der Waals surface area contributed by atoms with E-state index in [0.29, 0.717) is 6.54 Å². The predicted molar refractivity (Wildman–Crippen MR) is 45.4 cm³/mol. The molecule has 66 valence electrons. The highest BCUT2D eigenvalue weighted by atomic mass is 32.2. The third kappa shape index (κ3) is 6.03. The summed E-state index contributed by atoms with van der Waals surface area (Å²) in [5.74, 6) is 0. The first kappa shape index (κ1) is 10.6. The van der Waals surface area contributed by atoms with Crippen LogP contribution in [0, 0.1) is 0 Å². The van der Waals surface area contributed by atoms with E-state index < -0.39 is 10.2 Å². The minimum absolute atomic E-state index is 0.263. The molecule has 0 aliphatic heterocycles. The Morgan fingerprint density at radius 1 is 1.45 bits per heavy atom. The van der Waals surface area contributed by atoms with E-state index in [-0.39, 0.29) is 6.54 Å². The van der Waals surface area contributed by atoms with E-state index in [4.69, 9.17) is 0 Å². The minimum atomic E-state index is -3.28. The van der Waals surface area contributed by atoms with Gasteiger partial charge in [-0.05, 0) is 6.42 Å². The van der Waals surface area contributed by atoms with Crippen LogP contribution in [0.25, 0.3) is 0 Å². The highest BCUT2D eigenvalue weighted by Gasteiger charge is 2.04. The molecule has 0 saturated carbocycles. The van der Waals surface area contributed by atoms with E-state index in [2.05, 4.69) is 16.0 Å². The van der Waals surface area contributed by atoms with E-state index in [9.17, 15) is 8.42 Å². The van der Waals surface area contributed by atoms with Crippen LogP contribution in [0.4, 0.5) is 0 Å². The molecule has 0 radical (unpaired) electrons. The highest BCUT2D eigenvalue weighted by molar-refractivity contribution is 7.87. The second kappa shape index (κ2) is 5.29. The van der Waals surface area contributed by atoms with Crippen LogP contribution in [0.3, 0.4) is 0 Å². The minimum Gasteiger partial charge on any atom is -0.202 e. The van der Waals surface area contributed by atoms with E-state index in [1.807, 2.05) is 6.92 Å². The summed E-state index contributed by atoms with van der Waals surface area (Å²) in [4.78, 5) is 0. The molecule has 0 saturated heterocycles. The summed E-state index contributed by atoms with van der Waals surface area (Å²) in [7, 11) is -3.28. The average Bonchev–Trinajstić information content (AvgIpc) is 1.97. The van der Waals surface area contributed by atoms with Gasteiger partial charge < -0.3 is 0 Å². The zero-order valence-electron chi connectivity index (χ0n) is 6.63. The SMILES string of the molecule is C=CCNS(=O)(=O)NCCC. The van der Waals surface area contributed by atoms with Gasteiger partial charge in [-0.2, -0.15) is 13.1 Å². The third-order valence-electron chi connectivity index (χ3n) is 0.960. The average molecular weight is 178 g/mol. The van der Waals surface area contributed by atoms with E-state index >= 15 is 0 Å². The molecule has 0 bridgehead atoms. The van der Waals surface area contributed by atoms with Crippen LogP contribution in [-0.4, -0.2) is 21.5 Å². The second-order valence-corrected chi connectivity index (χ2v) is 3.62. The molecule has 5 heteroatoms. The maximum atomic E-state index is 10.9. The van der Waals surface area contributed by atoms with Gasteiger partial charge in [0, 0.05) is 13.1 Å². The van der Waals surface area contributed by atoms with Gasteiger partial charge >= 0.3 is 0 Å². The number of hydrogen-bond donors (Lipinski definition) is 2. The smallest absolute Gasteiger partial charge is 0.202 e. The molecule has 0 atom stereocenters. The molecular formula is C6H14N2O2S. The van der Waals surface area contributed by atoms with Crippen molar-refractivity contribution in [2.45, 2.75) is 13.3 Å². The Bertz CT molecular complexity index is 199. The molecule has 0 heterocycles. The summed E-state index contributed by atoms with van der Waals surface area (Å²) in [5, 5.41) is 0. The highest BCUT2D eigenvalue weighted by Crippen LogP contribution is 1.77. The van der Waals surface area contributed by atoms with Gasteiger partial charge in [0.2, 0.25) is 0 Å². The molecule has 0 aliphatic carbocycles. The molecular weight excluding hydrogens is 164 g/mol. The fraction of sp³-hybridized carbons (Fsp3) is 0.667. The standard InChI is InChI=1S/C6H14N2O2S/c1-3-5-7-11(9,10)8-6-4-2/h3,7-8H,1,4-6H2,2H3. The lowest BCUT2D eigenvalue weighted by molar-refractivity contribution is 0.570. The van der Waals surface area contributed by atoms with Crippen molar-refractivity contribution in [1.29, 1.82) is 0 Å². The maximum Gasteiger partial charge on any atom is 0.277 e. The topological polar surface area (TPSA) is 58.2 Å². The second-order valence-electron chi connectivity index (χ2n) is 2.03. The van der Waals surface area contributed by atoms with Crippen LogP contribution < -0.4 is 9.44 Å². The third-order valence-corrected chi connectivity index (χ3v) is 2.09. The fourth-order valence-electron chi connectivity index (χ4n) is 0.456. The zero-order chi connectivity index (χ0) is 8.74. The van der Waals surface area contributed by atoms with Crippen molar-refractivity contribution in [3.05, 3.63) is 12.7 Å². The van der Waals surface area contributed by atoms with Crippen molar-refractivity contribution < 1.29 is 8.42 Å². The molecule has 11 heavy (non-hydrogen) atoms. The summed E-state index contributed by atoms with van der Waals surface area (Å²) in [6, 6.07) is 0. The molecule has 2 N–H and O–H groups in total. The quantitative estimate of drug-likeness (QED) is 0.563. The summed E-state index contributed by atoms with van der Waals surface area (Å²) in [6.45, 7) is 6.02. The summed E-state index contributed by atoms with van der Waals surface area (Å²) < 4.78 is 26.4. The molecule has 0 unspecified atom stereocenters. The number of rotatable bonds is 6. The van der Waals surface area contributed by atoms with Gasteiger partial charge in [-0.25, -0.2) is 4.72 Å². The van der Waals surface area contributed by atoms with Crippen LogP contribution in [0.15, 0.2) is 12.7 Å². The van der Waals surface area contributed by atoms with Crippen LogP contribution >= 0.6 is 0 Å².